The number of nitrogens with one attached hydrogen (secondary N) is 1. The van der Waals surface area contributed by atoms with E-state index in [-0.39, 0.29) is 17.5 Å². The molecule has 7 nitrogen and oxygen atoms in total. The highest BCUT2D eigenvalue weighted by atomic mass is 32.1. The van der Waals surface area contributed by atoms with Crippen molar-refractivity contribution >= 4 is 27.5 Å². The van der Waals surface area contributed by atoms with Gasteiger partial charge in [0.05, 0.1) is 16.6 Å². The Morgan fingerprint density at radius 2 is 2.32 bits per heavy atom. The fourth-order valence-corrected chi connectivity index (χ4v) is 4.43. The number of nitrogens with zero attached hydrogens (tertiary/aromatic N) is 4. The lowest BCUT2D eigenvalue weighted by Crippen LogP contribution is -2.35. The molecule has 0 saturated carbocycles. The smallest absolute Gasteiger partial charge is 0.262 e. The number of hydrogen-bond donors (Lipinski definition) is 1. The Labute approximate surface area is 148 Å². The number of aromatic nitrogens is 4. The number of amides is 1. The van der Waals surface area contributed by atoms with Gasteiger partial charge in [0.1, 0.15) is 10.7 Å². The fraction of sp³-hybridized carbons (Fsp3) is 0.412. The van der Waals surface area contributed by atoms with Gasteiger partial charge < -0.3 is 9.88 Å². The number of carbonyl (C=O) groups is 1. The van der Waals surface area contributed by atoms with E-state index in [0.717, 1.165) is 30.8 Å². The average molecular weight is 357 g/mol. The first-order valence-electron chi connectivity index (χ1n) is 8.34. The number of imidazole rings is 1. The summed E-state index contributed by atoms with van der Waals surface area (Å²) < 4.78 is 3.66. The normalized spacial score (nSPS) is 14.6. The van der Waals surface area contributed by atoms with Gasteiger partial charge in [-0.15, -0.1) is 11.3 Å². The summed E-state index contributed by atoms with van der Waals surface area (Å²) in [5, 5.41) is 3.59. The lowest BCUT2D eigenvalue weighted by Gasteiger charge is -2.14. The number of fused-ring (bicyclic) bond motifs is 2. The predicted molar refractivity (Wildman–Crippen MR) is 96.1 cm³/mol. The molecule has 130 valence electrons. The van der Waals surface area contributed by atoms with Crippen LogP contribution in [-0.2, 0) is 19.5 Å². The quantitative estimate of drug-likeness (QED) is 0.771. The zero-order chi connectivity index (χ0) is 17.6. The van der Waals surface area contributed by atoms with E-state index in [1.807, 2.05) is 24.6 Å². The average Bonchev–Trinajstić information content (AvgIpc) is 3.28. The molecule has 0 fully saturated rings. The van der Waals surface area contributed by atoms with Crippen molar-refractivity contribution in [2.75, 3.05) is 0 Å². The van der Waals surface area contributed by atoms with Gasteiger partial charge in [-0.3, -0.25) is 14.2 Å². The maximum Gasteiger partial charge on any atom is 0.262 e. The third-order valence-corrected chi connectivity index (χ3v) is 5.72. The van der Waals surface area contributed by atoms with Crippen molar-refractivity contribution in [2.45, 2.75) is 45.8 Å². The molecule has 0 unspecified atom stereocenters. The summed E-state index contributed by atoms with van der Waals surface area (Å²) in [7, 11) is 0. The van der Waals surface area contributed by atoms with Crippen LogP contribution < -0.4 is 10.9 Å². The van der Waals surface area contributed by atoms with Crippen LogP contribution in [0.25, 0.3) is 10.2 Å². The van der Waals surface area contributed by atoms with Gasteiger partial charge in [0.2, 0.25) is 0 Å². The van der Waals surface area contributed by atoms with Crippen molar-refractivity contribution in [2.24, 2.45) is 0 Å². The highest BCUT2D eigenvalue weighted by Crippen LogP contribution is 2.28. The lowest BCUT2D eigenvalue weighted by molar-refractivity contribution is 0.0940. The molecule has 0 saturated heterocycles. The summed E-state index contributed by atoms with van der Waals surface area (Å²) in [5.74, 6) is 0.678. The molecule has 1 N–H and O–H groups in total. The van der Waals surface area contributed by atoms with Gasteiger partial charge in [-0.05, 0) is 25.8 Å². The molecule has 8 heteroatoms. The SMILES string of the molecule is Cc1c(C(=O)N[C@H](C)Cn2ccnc2)sc2nc3n(c(=O)c12)CCC3. The Morgan fingerprint density at radius 1 is 1.48 bits per heavy atom. The van der Waals surface area contributed by atoms with Gasteiger partial charge >= 0.3 is 0 Å². The molecule has 1 amide bonds. The molecule has 1 aliphatic heterocycles. The maximum absolute atomic E-state index is 12.7. The number of thiophene rings is 1. The molecule has 25 heavy (non-hydrogen) atoms. The molecular weight excluding hydrogens is 338 g/mol. The third-order valence-electron chi connectivity index (χ3n) is 4.54. The Bertz CT molecular complexity index is 1000. The van der Waals surface area contributed by atoms with Crippen LogP contribution in [0, 0.1) is 6.92 Å². The van der Waals surface area contributed by atoms with E-state index in [4.69, 9.17) is 0 Å². The summed E-state index contributed by atoms with van der Waals surface area (Å²) in [6.07, 6.45) is 7.08. The van der Waals surface area contributed by atoms with Gasteiger partial charge in [-0.25, -0.2) is 9.97 Å². The van der Waals surface area contributed by atoms with Crippen molar-refractivity contribution in [3.63, 3.8) is 0 Å². The minimum Gasteiger partial charge on any atom is -0.347 e. The standard InChI is InChI=1S/C17H19N5O2S/c1-10(8-21-7-5-18-9-21)19-15(23)14-11(2)13-16(25-14)20-12-4-3-6-22(12)17(13)24/h5,7,9-10H,3-4,6,8H2,1-2H3,(H,19,23)/t10-/m1/s1. The van der Waals surface area contributed by atoms with Gasteiger partial charge in [-0.1, -0.05) is 0 Å². The topological polar surface area (TPSA) is 81.8 Å². The summed E-state index contributed by atoms with van der Waals surface area (Å²) >= 11 is 1.31. The van der Waals surface area contributed by atoms with Crippen LogP contribution in [0.2, 0.25) is 0 Å². The monoisotopic (exact) mass is 357 g/mol. The number of rotatable bonds is 4. The highest BCUT2D eigenvalue weighted by molar-refractivity contribution is 7.20. The Balaban J connectivity index is 1.63. The molecule has 0 aliphatic carbocycles. The largest absolute Gasteiger partial charge is 0.347 e. The van der Waals surface area contributed by atoms with Gasteiger partial charge in [-0.2, -0.15) is 0 Å². The Morgan fingerprint density at radius 3 is 3.08 bits per heavy atom. The van der Waals surface area contributed by atoms with Crippen molar-refractivity contribution in [1.82, 2.24) is 24.4 Å². The van der Waals surface area contributed by atoms with Crippen LogP contribution in [0.15, 0.2) is 23.5 Å². The molecule has 4 rings (SSSR count). The molecule has 0 radical (unpaired) electrons. The first-order valence-corrected chi connectivity index (χ1v) is 9.15. The highest BCUT2D eigenvalue weighted by Gasteiger charge is 2.23. The van der Waals surface area contributed by atoms with Crippen LogP contribution in [-0.4, -0.2) is 31.1 Å². The third kappa shape index (κ3) is 2.76. The van der Waals surface area contributed by atoms with Gasteiger partial charge in [0.25, 0.3) is 11.5 Å². The number of aryl methyl sites for hydroxylation is 2. The summed E-state index contributed by atoms with van der Waals surface area (Å²) in [6.45, 7) is 5.14. The van der Waals surface area contributed by atoms with E-state index in [1.165, 1.54) is 11.3 Å². The summed E-state index contributed by atoms with van der Waals surface area (Å²) in [6, 6.07) is -0.0506. The van der Waals surface area contributed by atoms with E-state index in [0.29, 0.717) is 21.6 Å². The Kier molecular flexibility index (Phi) is 3.91. The molecule has 3 aromatic rings. The zero-order valence-corrected chi connectivity index (χ0v) is 15.0. The van der Waals surface area contributed by atoms with Crippen LogP contribution in [0.1, 0.15) is 34.4 Å². The molecule has 1 aliphatic rings. The zero-order valence-electron chi connectivity index (χ0n) is 14.2. The second-order valence-electron chi connectivity index (χ2n) is 6.46. The first kappa shape index (κ1) is 16.0. The molecule has 0 aromatic carbocycles. The van der Waals surface area contributed by atoms with Crippen molar-refractivity contribution in [3.8, 4) is 0 Å². The predicted octanol–water partition coefficient (Wildman–Crippen LogP) is 1.73. The first-order chi connectivity index (χ1) is 12.0. The van der Waals surface area contributed by atoms with E-state index < -0.39 is 0 Å². The molecule has 4 heterocycles. The van der Waals surface area contributed by atoms with Crippen LogP contribution in [0.3, 0.4) is 0 Å². The maximum atomic E-state index is 12.7. The van der Waals surface area contributed by atoms with Crippen LogP contribution in [0.4, 0.5) is 0 Å². The van der Waals surface area contributed by atoms with Crippen molar-refractivity contribution in [1.29, 1.82) is 0 Å². The van der Waals surface area contributed by atoms with Crippen molar-refractivity contribution < 1.29 is 4.79 Å². The molecule has 0 bridgehead atoms. The fourth-order valence-electron chi connectivity index (χ4n) is 3.34. The summed E-state index contributed by atoms with van der Waals surface area (Å²) in [4.78, 5) is 35.2. The number of carbonyl (C=O) groups excluding carboxylic acids is 1. The molecule has 1 atom stereocenters. The molecular formula is C17H19N5O2S. The van der Waals surface area contributed by atoms with E-state index in [1.54, 1.807) is 17.1 Å². The summed E-state index contributed by atoms with van der Waals surface area (Å²) in [5.41, 5.74) is 0.712. The second kappa shape index (κ2) is 6.11. The van der Waals surface area contributed by atoms with Crippen LogP contribution in [0.5, 0.6) is 0 Å². The second-order valence-corrected chi connectivity index (χ2v) is 7.46. The molecule has 0 spiro atoms. The van der Waals surface area contributed by atoms with E-state index in [9.17, 15) is 9.59 Å². The minimum atomic E-state index is -0.155. The Hall–Kier alpha value is -2.48. The van der Waals surface area contributed by atoms with E-state index in [2.05, 4.69) is 15.3 Å². The number of hydrogen-bond acceptors (Lipinski definition) is 5. The van der Waals surface area contributed by atoms with Gasteiger partial charge in [0, 0.05) is 37.9 Å². The molecule has 3 aromatic heterocycles. The minimum absolute atomic E-state index is 0.0169. The van der Waals surface area contributed by atoms with Gasteiger partial charge in [0.15, 0.2) is 0 Å². The lowest BCUT2D eigenvalue weighted by atomic mass is 10.2. The van der Waals surface area contributed by atoms with E-state index >= 15 is 0 Å². The van der Waals surface area contributed by atoms with Crippen LogP contribution >= 0.6 is 11.3 Å². The van der Waals surface area contributed by atoms with Crippen molar-refractivity contribution in [3.05, 3.63) is 45.3 Å².